The monoisotopic (exact) mass is 195 g/mol. The molecule has 0 saturated heterocycles. The molecule has 4 heteroatoms. The second-order valence-corrected chi connectivity index (χ2v) is 3.21. The molecule has 0 spiro atoms. The van der Waals surface area contributed by atoms with Gasteiger partial charge in [0, 0.05) is 6.54 Å². The molecule has 0 radical (unpaired) electrons. The Bertz CT molecular complexity index is 261. The molecule has 0 fully saturated rings. The summed E-state index contributed by atoms with van der Waals surface area (Å²) in [6, 6.07) is 0. The Morgan fingerprint density at radius 2 is 2.21 bits per heavy atom. The van der Waals surface area contributed by atoms with Gasteiger partial charge in [-0.2, -0.15) is 0 Å². The van der Waals surface area contributed by atoms with E-state index in [2.05, 4.69) is 22.2 Å². The Kier molecular flexibility index (Phi) is 4.32. The Hall–Kier alpha value is -1.16. The number of ether oxygens (including phenoxy) is 1. The third kappa shape index (κ3) is 3.30. The fraction of sp³-hybridized carbons (Fsp3) is 0.600. The first-order valence-corrected chi connectivity index (χ1v) is 4.88. The van der Waals surface area contributed by atoms with E-state index in [0.29, 0.717) is 5.88 Å². The van der Waals surface area contributed by atoms with Crippen molar-refractivity contribution in [2.45, 2.75) is 32.9 Å². The van der Waals surface area contributed by atoms with E-state index in [1.165, 1.54) is 0 Å². The zero-order valence-electron chi connectivity index (χ0n) is 8.95. The molecule has 0 aliphatic rings. The first-order chi connectivity index (χ1) is 6.76. The zero-order chi connectivity index (χ0) is 10.4. The summed E-state index contributed by atoms with van der Waals surface area (Å²) in [5, 5.41) is 3.01. The highest BCUT2D eigenvalue weighted by Crippen LogP contribution is 2.07. The molecule has 78 valence electrons. The van der Waals surface area contributed by atoms with Gasteiger partial charge < -0.3 is 10.1 Å². The predicted molar refractivity (Wildman–Crippen MR) is 55.2 cm³/mol. The summed E-state index contributed by atoms with van der Waals surface area (Å²) >= 11 is 0. The molecular weight excluding hydrogens is 178 g/mol. The Morgan fingerprint density at radius 3 is 2.71 bits per heavy atom. The number of hydrogen-bond donors (Lipinski definition) is 1. The van der Waals surface area contributed by atoms with E-state index in [-0.39, 0.29) is 6.10 Å². The van der Waals surface area contributed by atoms with Gasteiger partial charge in [-0.1, -0.05) is 6.92 Å². The summed E-state index contributed by atoms with van der Waals surface area (Å²) in [4.78, 5) is 8.37. The van der Waals surface area contributed by atoms with Crippen LogP contribution in [0.1, 0.15) is 26.0 Å². The number of nitrogens with zero attached hydrogens (tertiary/aromatic N) is 2. The molecule has 0 bridgehead atoms. The molecule has 0 saturated carbocycles. The molecule has 0 aliphatic carbocycles. The van der Waals surface area contributed by atoms with Crippen molar-refractivity contribution in [2.24, 2.45) is 0 Å². The minimum atomic E-state index is 0.194. The Morgan fingerprint density at radius 1 is 1.43 bits per heavy atom. The van der Waals surface area contributed by atoms with Crippen LogP contribution in [-0.4, -0.2) is 23.1 Å². The lowest BCUT2D eigenvalue weighted by Gasteiger charge is -2.10. The molecule has 1 unspecified atom stereocenters. The minimum absolute atomic E-state index is 0.194. The second kappa shape index (κ2) is 5.54. The molecule has 0 aliphatic heterocycles. The van der Waals surface area contributed by atoms with Crippen LogP contribution in [-0.2, 0) is 6.54 Å². The maximum atomic E-state index is 5.50. The van der Waals surface area contributed by atoms with Crippen LogP contribution in [0.25, 0.3) is 0 Å². The van der Waals surface area contributed by atoms with Gasteiger partial charge in [0.1, 0.15) is 0 Å². The van der Waals surface area contributed by atoms with Crippen molar-refractivity contribution in [3.63, 3.8) is 0 Å². The number of nitrogens with one attached hydrogen (secondary N) is 1. The molecule has 4 nitrogen and oxygen atoms in total. The van der Waals surface area contributed by atoms with Crippen molar-refractivity contribution in [1.82, 2.24) is 15.3 Å². The van der Waals surface area contributed by atoms with Crippen molar-refractivity contribution >= 4 is 0 Å². The highest BCUT2D eigenvalue weighted by Gasteiger charge is 2.02. The van der Waals surface area contributed by atoms with Gasteiger partial charge in [0.15, 0.2) is 0 Å². The topological polar surface area (TPSA) is 47.0 Å². The molecule has 1 aromatic heterocycles. The van der Waals surface area contributed by atoms with E-state index in [0.717, 1.165) is 18.7 Å². The SMILES string of the molecule is CCC(C)Oc1cnc(CNC)cn1. The van der Waals surface area contributed by atoms with E-state index in [1.807, 2.05) is 14.0 Å². The predicted octanol–water partition coefficient (Wildman–Crippen LogP) is 1.37. The minimum Gasteiger partial charge on any atom is -0.474 e. The quantitative estimate of drug-likeness (QED) is 0.771. The third-order valence-corrected chi connectivity index (χ3v) is 1.94. The first-order valence-electron chi connectivity index (χ1n) is 4.88. The van der Waals surface area contributed by atoms with E-state index in [9.17, 15) is 0 Å². The van der Waals surface area contributed by atoms with E-state index >= 15 is 0 Å². The van der Waals surface area contributed by atoms with Crippen LogP contribution in [0.4, 0.5) is 0 Å². The Labute approximate surface area is 84.7 Å². The lowest BCUT2D eigenvalue weighted by molar-refractivity contribution is 0.207. The lowest BCUT2D eigenvalue weighted by Crippen LogP contribution is -2.12. The largest absolute Gasteiger partial charge is 0.474 e. The van der Waals surface area contributed by atoms with Crippen LogP contribution in [0, 0.1) is 0 Å². The van der Waals surface area contributed by atoms with Crippen molar-refractivity contribution in [3.8, 4) is 5.88 Å². The molecule has 14 heavy (non-hydrogen) atoms. The average Bonchev–Trinajstić information content (AvgIpc) is 2.21. The van der Waals surface area contributed by atoms with E-state index < -0.39 is 0 Å². The average molecular weight is 195 g/mol. The normalized spacial score (nSPS) is 12.5. The fourth-order valence-corrected chi connectivity index (χ4v) is 0.966. The third-order valence-electron chi connectivity index (χ3n) is 1.94. The summed E-state index contributed by atoms with van der Waals surface area (Å²) in [7, 11) is 1.88. The summed E-state index contributed by atoms with van der Waals surface area (Å²) in [6.07, 6.45) is 4.56. The number of rotatable bonds is 5. The van der Waals surface area contributed by atoms with Crippen LogP contribution < -0.4 is 10.1 Å². The number of aromatic nitrogens is 2. The highest BCUT2D eigenvalue weighted by atomic mass is 16.5. The molecular formula is C10H17N3O. The molecule has 1 rings (SSSR count). The van der Waals surface area contributed by atoms with Gasteiger partial charge in [0.05, 0.1) is 24.2 Å². The first kappa shape index (κ1) is 10.9. The summed E-state index contributed by atoms with van der Waals surface area (Å²) in [5.41, 5.74) is 0.920. The molecule has 1 heterocycles. The van der Waals surface area contributed by atoms with Gasteiger partial charge in [-0.25, -0.2) is 4.98 Å². The van der Waals surface area contributed by atoms with Gasteiger partial charge in [-0.3, -0.25) is 4.98 Å². The standard InChI is InChI=1S/C10H17N3O/c1-4-8(2)14-10-7-12-9(5-11-3)6-13-10/h6-8,11H,4-5H2,1-3H3. The number of hydrogen-bond acceptors (Lipinski definition) is 4. The second-order valence-electron chi connectivity index (χ2n) is 3.21. The highest BCUT2D eigenvalue weighted by molar-refractivity contribution is 5.07. The maximum Gasteiger partial charge on any atom is 0.232 e. The van der Waals surface area contributed by atoms with Crippen molar-refractivity contribution in [2.75, 3.05) is 7.05 Å². The molecule has 1 N–H and O–H groups in total. The van der Waals surface area contributed by atoms with Crippen molar-refractivity contribution in [1.29, 1.82) is 0 Å². The maximum absolute atomic E-state index is 5.50. The van der Waals surface area contributed by atoms with Crippen LogP contribution in [0.3, 0.4) is 0 Å². The van der Waals surface area contributed by atoms with Gasteiger partial charge in [-0.15, -0.1) is 0 Å². The summed E-state index contributed by atoms with van der Waals surface area (Å²) in [6.45, 7) is 4.83. The van der Waals surface area contributed by atoms with E-state index in [1.54, 1.807) is 12.4 Å². The Balaban J connectivity index is 2.54. The molecule has 1 atom stereocenters. The van der Waals surface area contributed by atoms with Gasteiger partial charge in [0.25, 0.3) is 0 Å². The zero-order valence-corrected chi connectivity index (χ0v) is 8.95. The van der Waals surface area contributed by atoms with E-state index in [4.69, 9.17) is 4.74 Å². The van der Waals surface area contributed by atoms with Crippen molar-refractivity contribution < 1.29 is 4.74 Å². The summed E-state index contributed by atoms with van der Waals surface area (Å²) in [5.74, 6) is 0.596. The van der Waals surface area contributed by atoms with Crippen LogP contribution in [0.5, 0.6) is 5.88 Å². The lowest BCUT2D eigenvalue weighted by atomic mass is 10.3. The molecule has 0 aromatic carbocycles. The van der Waals surface area contributed by atoms with Crippen LogP contribution in [0.15, 0.2) is 12.4 Å². The smallest absolute Gasteiger partial charge is 0.232 e. The fourth-order valence-electron chi connectivity index (χ4n) is 0.966. The van der Waals surface area contributed by atoms with Crippen LogP contribution in [0.2, 0.25) is 0 Å². The molecule has 1 aromatic rings. The summed E-state index contributed by atoms with van der Waals surface area (Å²) < 4.78 is 5.50. The van der Waals surface area contributed by atoms with Gasteiger partial charge in [-0.05, 0) is 20.4 Å². The molecule has 0 amide bonds. The van der Waals surface area contributed by atoms with Crippen molar-refractivity contribution in [3.05, 3.63) is 18.1 Å². The van der Waals surface area contributed by atoms with Gasteiger partial charge in [0.2, 0.25) is 5.88 Å². The van der Waals surface area contributed by atoms with Gasteiger partial charge >= 0.3 is 0 Å². The van der Waals surface area contributed by atoms with Crippen LogP contribution >= 0.6 is 0 Å².